The van der Waals surface area contributed by atoms with Gasteiger partial charge in [0.15, 0.2) is 11.6 Å². The number of nitrogens with zero attached hydrogens (tertiary/aromatic N) is 3. The van der Waals surface area contributed by atoms with E-state index in [0.29, 0.717) is 11.1 Å². The summed E-state index contributed by atoms with van der Waals surface area (Å²) < 4.78 is 62.8. The molecule has 1 unspecified atom stereocenters. The molecular formula is C21H17F4N3O3. The molecule has 1 amide bonds. The third-order valence-electron chi connectivity index (χ3n) is 5.04. The lowest BCUT2D eigenvalue weighted by Crippen LogP contribution is -2.24. The molecule has 1 aliphatic rings. The second-order valence-corrected chi connectivity index (χ2v) is 7.18. The van der Waals surface area contributed by atoms with Gasteiger partial charge in [-0.25, -0.2) is 4.39 Å². The van der Waals surface area contributed by atoms with Crippen LogP contribution in [0, 0.1) is 5.82 Å². The van der Waals surface area contributed by atoms with E-state index in [1.807, 2.05) is 0 Å². The van der Waals surface area contributed by atoms with Gasteiger partial charge in [0, 0.05) is 25.1 Å². The minimum absolute atomic E-state index is 0.0456. The zero-order valence-electron chi connectivity index (χ0n) is 16.3. The van der Waals surface area contributed by atoms with E-state index < -0.39 is 23.5 Å². The first-order chi connectivity index (χ1) is 14.7. The van der Waals surface area contributed by atoms with Crippen LogP contribution in [0.5, 0.6) is 5.75 Å². The van der Waals surface area contributed by atoms with E-state index in [0.717, 1.165) is 12.1 Å². The zero-order chi connectivity index (χ0) is 22.2. The Morgan fingerprint density at radius 1 is 1.23 bits per heavy atom. The predicted molar refractivity (Wildman–Crippen MR) is 100 cm³/mol. The number of benzene rings is 2. The van der Waals surface area contributed by atoms with Crippen molar-refractivity contribution in [3.05, 3.63) is 65.3 Å². The van der Waals surface area contributed by atoms with Crippen molar-refractivity contribution in [3.8, 4) is 17.1 Å². The number of halogens is 4. The average molecular weight is 435 g/mol. The van der Waals surface area contributed by atoms with E-state index in [2.05, 4.69) is 10.1 Å². The Kier molecular flexibility index (Phi) is 5.38. The van der Waals surface area contributed by atoms with Crippen LogP contribution < -0.4 is 4.74 Å². The molecule has 1 aliphatic heterocycles. The van der Waals surface area contributed by atoms with Gasteiger partial charge in [-0.05, 0) is 35.9 Å². The molecule has 0 radical (unpaired) electrons. The normalized spacial score (nSPS) is 16.7. The van der Waals surface area contributed by atoms with Crippen molar-refractivity contribution in [1.82, 2.24) is 15.0 Å². The third kappa shape index (κ3) is 4.37. The number of aromatic nitrogens is 2. The summed E-state index contributed by atoms with van der Waals surface area (Å²) in [7, 11) is 1.35. The highest BCUT2D eigenvalue weighted by atomic mass is 19.4. The van der Waals surface area contributed by atoms with Gasteiger partial charge < -0.3 is 14.2 Å². The minimum atomic E-state index is -4.45. The molecule has 4 rings (SSSR count). The van der Waals surface area contributed by atoms with Crippen LogP contribution in [0.25, 0.3) is 11.4 Å². The highest BCUT2D eigenvalue weighted by molar-refractivity contribution is 5.79. The fourth-order valence-electron chi connectivity index (χ4n) is 3.48. The van der Waals surface area contributed by atoms with Crippen molar-refractivity contribution in [2.75, 3.05) is 13.7 Å². The molecule has 162 valence electrons. The van der Waals surface area contributed by atoms with Crippen molar-refractivity contribution in [2.45, 2.75) is 25.1 Å². The van der Waals surface area contributed by atoms with Gasteiger partial charge in [-0.15, -0.1) is 0 Å². The number of likely N-dealkylation sites (tertiary alicyclic amines) is 1. The molecule has 2 aromatic carbocycles. The van der Waals surface area contributed by atoms with Crippen LogP contribution in [0.4, 0.5) is 17.6 Å². The van der Waals surface area contributed by atoms with Gasteiger partial charge in [0.1, 0.15) is 0 Å². The number of amides is 1. The molecular weight excluding hydrogens is 418 g/mol. The van der Waals surface area contributed by atoms with E-state index >= 15 is 0 Å². The summed E-state index contributed by atoms with van der Waals surface area (Å²) in [6.07, 6.45) is -4.35. The van der Waals surface area contributed by atoms with Gasteiger partial charge in [-0.3, -0.25) is 4.79 Å². The maximum Gasteiger partial charge on any atom is 0.416 e. The highest BCUT2D eigenvalue weighted by Gasteiger charge is 2.35. The SMILES string of the molecule is COc1ccc(-c2noc(C3CC(=O)N(Cc4cccc(C(F)(F)F)c4)C3)n2)cc1F. The van der Waals surface area contributed by atoms with Crippen molar-refractivity contribution < 1.29 is 31.6 Å². The van der Waals surface area contributed by atoms with Crippen LogP contribution in [-0.2, 0) is 17.5 Å². The summed E-state index contributed by atoms with van der Waals surface area (Å²) in [5.74, 6) is -0.736. The Morgan fingerprint density at radius 2 is 2.03 bits per heavy atom. The fourth-order valence-corrected chi connectivity index (χ4v) is 3.48. The van der Waals surface area contributed by atoms with Crippen molar-refractivity contribution in [2.24, 2.45) is 0 Å². The standard InChI is InChI=1S/C21H17F4N3O3/c1-30-17-6-5-13(8-16(17)22)19-26-20(31-27-19)14-9-18(29)28(11-14)10-12-3-2-4-15(7-12)21(23,24)25/h2-8,14H,9-11H2,1H3. The Balaban J connectivity index is 1.47. The summed E-state index contributed by atoms with van der Waals surface area (Å²) >= 11 is 0. The van der Waals surface area contributed by atoms with Crippen LogP contribution in [-0.4, -0.2) is 34.6 Å². The molecule has 1 atom stereocenters. The summed E-state index contributed by atoms with van der Waals surface area (Å²) in [6.45, 7) is 0.275. The first-order valence-corrected chi connectivity index (χ1v) is 9.36. The zero-order valence-corrected chi connectivity index (χ0v) is 16.3. The predicted octanol–water partition coefficient (Wildman–Crippen LogP) is 4.42. The largest absolute Gasteiger partial charge is 0.494 e. The number of hydrogen-bond donors (Lipinski definition) is 0. The van der Waals surface area contributed by atoms with E-state index in [-0.39, 0.29) is 42.9 Å². The molecule has 0 spiro atoms. The maximum atomic E-state index is 13.9. The lowest BCUT2D eigenvalue weighted by Gasteiger charge is -2.17. The molecule has 2 heterocycles. The maximum absolute atomic E-state index is 13.9. The minimum Gasteiger partial charge on any atom is -0.494 e. The van der Waals surface area contributed by atoms with E-state index in [1.54, 1.807) is 12.1 Å². The van der Waals surface area contributed by atoms with E-state index in [4.69, 9.17) is 9.26 Å². The van der Waals surface area contributed by atoms with Gasteiger partial charge in [0.25, 0.3) is 0 Å². The number of rotatable bonds is 5. The van der Waals surface area contributed by atoms with Gasteiger partial charge >= 0.3 is 6.18 Å². The van der Waals surface area contributed by atoms with Crippen molar-refractivity contribution >= 4 is 5.91 Å². The Hall–Kier alpha value is -3.43. The molecule has 3 aromatic rings. The number of carbonyl (C=O) groups excluding carboxylic acids is 1. The Labute approximate surface area is 174 Å². The summed E-state index contributed by atoms with van der Waals surface area (Å²) in [5.41, 5.74) is 0.00339. The first-order valence-electron chi connectivity index (χ1n) is 9.36. The van der Waals surface area contributed by atoms with Crippen LogP contribution in [0.3, 0.4) is 0 Å². The molecule has 6 nitrogen and oxygen atoms in total. The Bertz CT molecular complexity index is 1110. The second kappa shape index (κ2) is 8.01. The lowest BCUT2D eigenvalue weighted by molar-refractivity contribution is -0.137. The summed E-state index contributed by atoms with van der Waals surface area (Å²) in [5, 5.41) is 3.85. The molecule has 0 aliphatic carbocycles. The molecule has 0 N–H and O–H groups in total. The molecule has 1 aromatic heterocycles. The molecule has 1 saturated heterocycles. The van der Waals surface area contributed by atoms with Crippen LogP contribution in [0.1, 0.15) is 29.4 Å². The fraction of sp³-hybridized carbons (Fsp3) is 0.286. The Morgan fingerprint density at radius 3 is 2.74 bits per heavy atom. The van der Waals surface area contributed by atoms with Gasteiger partial charge in [-0.2, -0.15) is 18.2 Å². The van der Waals surface area contributed by atoms with Gasteiger partial charge in [-0.1, -0.05) is 17.3 Å². The molecule has 10 heteroatoms. The van der Waals surface area contributed by atoms with Gasteiger partial charge in [0.2, 0.25) is 17.6 Å². The molecule has 0 saturated carbocycles. The third-order valence-corrected chi connectivity index (χ3v) is 5.04. The monoisotopic (exact) mass is 435 g/mol. The smallest absolute Gasteiger partial charge is 0.416 e. The lowest BCUT2D eigenvalue weighted by atomic mass is 10.1. The van der Waals surface area contributed by atoms with E-state index in [1.165, 1.54) is 30.2 Å². The number of methoxy groups -OCH3 is 1. The van der Waals surface area contributed by atoms with Crippen LogP contribution >= 0.6 is 0 Å². The average Bonchev–Trinajstić information content (AvgIpc) is 3.35. The topological polar surface area (TPSA) is 68.5 Å². The van der Waals surface area contributed by atoms with Crippen molar-refractivity contribution in [1.29, 1.82) is 0 Å². The number of alkyl halides is 3. The number of hydrogen-bond acceptors (Lipinski definition) is 5. The highest BCUT2D eigenvalue weighted by Crippen LogP contribution is 2.32. The summed E-state index contributed by atoms with van der Waals surface area (Å²) in [4.78, 5) is 18.1. The molecule has 31 heavy (non-hydrogen) atoms. The van der Waals surface area contributed by atoms with Gasteiger partial charge in [0.05, 0.1) is 18.6 Å². The first kappa shape index (κ1) is 20.8. The second-order valence-electron chi connectivity index (χ2n) is 7.18. The summed E-state index contributed by atoms with van der Waals surface area (Å²) in [6, 6.07) is 9.11. The van der Waals surface area contributed by atoms with Crippen molar-refractivity contribution in [3.63, 3.8) is 0 Å². The number of ether oxygens (including phenoxy) is 1. The van der Waals surface area contributed by atoms with E-state index in [9.17, 15) is 22.4 Å². The quantitative estimate of drug-likeness (QED) is 0.555. The number of carbonyl (C=O) groups is 1. The van der Waals surface area contributed by atoms with Crippen LogP contribution in [0.2, 0.25) is 0 Å². The molecule has 1 fully saturated rings. The molecule has 0 bridgehead atoms. The van der Waals surface area contributed by atoms with Crippen LogP contribution in [0.15, 0.2) is 47.0 Å².